The summed E-state index contributed by atoms with van der Waals surface area (Å²) in [6.07, 6.45) is 0.985. The lowest BCUT2D eigenvalue weighted by molar-refractivity contribution is -0.118. The number of hydrogen-bond donors (Lipinski definition) is 1. The lowest BCUT2D eigenvalue weighted by Gasteiger charge is -2.09. The van der Waals surface area contributed by atoms with E-state index < -0.39 is 0 Å². The summed E-state index contributed by atoms with van der Waals surface area (Å²) in [6.45, 7) is 7.99. The van der Waals surface area contributed by atoms with E-state index in [1.165, 1.54) is 5.56 Å². The summed E-state index contributed by atoms with van der Waals surface area (Å²) in [7, 11) is 0. The second-order valence-electron chi connectivity index (χ2n) is 7.70. The standard InChI is InChI=1S/C25H26N4O2/c1-5-19-8-12-21(13-9-19)29-25-24(18(4)28-29)17(3)14-23(27-25)31-15-22(30)26-20-10-6-16(2)7-11-20/h6-14H,5,15H2,1-4H3,(H,26,30). The first-order valence-corrected chi connectivity index (χ1v) is 10.4. The Kier molecular flexibility index (Phi) is 5.71. The number of anilines is 1. The predicted octanol–water partition coefficient (Wildman–Crippen LogP) is 4.93. The monoisotopic (exact) mass is 414 g/mol. The summed E-state index contributed by atoms with van der Waals surface area (Å²) >= 11 is 0. The number of aryl methyl sites for hydroxylation is 4. The van der Waals surface area contributed by atoms with Gasteiger partial charge in [0.25, 0.3) is 5.91 Å². The molecule has 31 heavy (non-hydrogen) atoms. The SMILES string of the molecule is CCc1ccc(-n2nc(C)c3c(C)cc(OCC(=O)Nc4ccc(C)cc4)nc32)cc1. The number of carbonyl (C=O) groups excluding carboxylic acids is 1. The predicted molar refractivity (Wildman–Crippen MR) is 123 cm³/mol. The molecule has 0 aliphatic rings. The van der Waals surface area contributed by atoms with E-state index in [9.17, 15) is 4.79 Å². The molecule has 1 amide bonds. The first-order valence-electron chi connectivity index (χ1n) is 10.4. The number of nitrogens with one attached hydrogen (secondary N) is 1. The summed E-state index contributed by atoms with van der Waals surface area (Å²) < 4.78 is 7.55. The van der Waals surface area contributed by atoms with E-state index in [-0.39, 0.29) is 12.5 Å². The van der Waals surface area contributed by atoms with E-state index in [4.69, 9.17) is 9.84 Å². The van der Waals surface area contributed by atoms with Gasteiger partial charge in [-0.05, 0) is 62.6 Å². The number of benzene rings is 2. The van der Waals surface area contributed by atoms with Crippen LogP contribution in [0.3, 0.4) is 0 Å². The summed E-state index contributed by atoms with van der Waals surface area (Å²) in [5.41, 5.74) is 6.72. The molecule has 0 fully saturated rings. The number of ether oxygens (including phenoxy) is 1. The van der Waals surface area contributed by atoms with Gasteiger partial charge in [0.05, 0.1) is 11.4 Å². The molecular formula is C25H26N4O2. The van der Waals surface area contributed by atoms with Crippen molar-refractivity contribution in [3.05, 3.63) is 77.0 Å². The number of hydrogen-bond acceptors (Lipinski definition) is 4. The van der Waals surface area contributed by atoms with E-state index >= 15 is 0 Å². The zero-order valence-corrected chi connectivity index (χ0v) is 18.3. The van der Waals surface area contributed by atoms with Crippen molar-refractivity contribution in [1.29, 1.82) is 0 Å². The molecule has 6 nitrogen and oxygen atoms in total. The zero-order chi connectivity index (χ0) is 22.0. The summed E-state index contributed by atoms with van der Waals surface area (Å²) in [5, 5.41) is 8.53. The Morgan fingerprint density at radius 1 is 1.03 bits per heavy atom. The van der Waals surface area contributed by atoms with E-state index in [0.29, 0.717) is 5.88 Å². The van der Waals surface area contributed by atoms with Crippen LogP contribution in [-0.2, 0) is 11.2 Å². The third kappa shape index (κ3) is 4.43. The van der Waals surface area contributed by atoms with Crippen molar-refractivity contribution in [1.82, 2.24) is 14.8 Å². The van der Waals surface area contributed by atoms with E-state index in [1.807, 2.05) is 67.9 Å². The van der Waals surface area contributed by atoms with Gasteiger partial charge < -0.3 is 10.1 Å². The van der Waals surface area contributed by atoms with Gasteiger partial charge in [0, 0.05) is 17.1 Å². The molecule has 0 radical (unpaired) electrons. The van der Waals surface area contributed by atoms with Gasteiger partial charge in [-0.1, -0.05) is 36.8 Å². The molecule has 1 N–H and O–H groups in total. The van der Waals surface area contributed by atoms with E-state index in [0.717, 1.165) is 45.6 Å². The normalized spacial score (nSPS) is 11.0. The van der Waals surface area contributed by atoms with Crippen LogP contribution in [0.4, 0.5) is 5.69 Å². The Bertz CT molecular complexity index is 1230. The van der Waals surface area contributed by atoms with Gasteiger partial charge in [0.2, 0.25) is 5.88 Å². The quantitative estimate of drug-likeness (QED) is 0.486. The Morgan fingerprint density at radius 3 is 2.42 bits per heavy atom. The van der Waals surface area contributed by atoms with Crippen molar-refractivity contribution >= 4 is 22.6 Å². The fraction of sp³-hybridized carbons (Fsp3) is 0.240. The molecule has 0 saturated carbocycles. The second-order valence-corrected chi connectivity index (χ2v) is 7.70. The maximum Gasteiger partial charge on any atom is 0.262 e. The second kappa shape index (κ2) is 8.60. The number of nitrogens with zero attached hydrogens (tertiary/aromatic N) is 3. The van der Waals surface area contributed by atoms with Crippen molar-refractivity contribution in [2.24, 2.45) is 0 Å². The number of pyridine rings is 1. The fourth-order valence-corrected chi connectivity index (χ4v) is 3.57. The van der Waals surface area contributed by atoms with Crippen molar-refractivity contribution in [2.75, 3.05) is 11.9 Å². The molecule has 0 unspecified atom stereocenters. The van der Waals surface area contributed by atoms with E-state index in [2.05, 4.69) is 29.4 Å². The third-order valence-corrected chi connectivity index (χ3v) is 5.26. The minimum absolute atomic E-state index is 0.121. The zero-order valence-electron chi connectivity index (χ0n) is 18.3. The summed E-state index contributed by atoms with van der Waals surface area (Å²) in [5.74, 6) is 0.165. The first-order chi connectivity index (χ1) is 14.9. The van der Waals surface area contributed by atoms with Crippen LogP contribution in [0, 0.1) is 20.8 Å². The minimum atomic E-state index is -0.233. The molecule has 0 aliphatic heterocycles. The molecule has 4 rings (SSSR count). The van der Waals surface area contributed by atoms with Crippen LogP contribution in [0.25, 0.3) is 16.7 Å². The summed E-state index contributed by atoms with van der Waals surface area (Å²) in [4.78, 5) is 17.0. The van der Waals surface area contributed by atoms with Gasteiger partial charge in [0.15, 0.2) is 12.3 Å². The number of carbonyl (C=O) groups is 1. The van der Waals surface area contributed by atoms with Gasteiger partial charge in [0.1, 0.15) is 0 Å². The van der Waals surface area contributed by atoms with Crippen LogP contribution >= 0.6 is 0 Å². The molecule has 0 atom stereocenters. The van der Waals surface area contributed by atoms with Gasteiger partial charge in [-0.3, -0.25) is 4.79 Å². The average molecular weight is 415 g/mol. The Hall–Kier alpha value is -3.67. The number of aromatic nitrogens is 3. The van der Waals surface area contributed by atoms with Crippen molar-refractivity contribution in [2.45, 2.75) is 34.1 Å². The average Bonchev–Trinajstić information content (AvgIpc) is 3.11. The molecule has 0 bridgehead atoms. The molecule has 0 aliphatic carbocycles. The molecular weight excluding hydrogens is 388 g/mol. The largest absolute Gasteiger partial charge is 0.467 e. The van der Waals surface area contributed by atoms with Gasteiger partial charge in [-0.25, -0.2) is 4.68 Å². The number of fused-ring (bicyclic) bond motifs is 1. The Labute approximate surface area is 181 Å². The number of amides is 1. The maximum atomic E-state index is 12.3. The van der Waals surface area contributed by atoms with Crippen molar-refractivity contribution < 1.29 is 9.53 Å². The fourth-order valence-electron chi connectivity index (χ4n) is 3.57. The molecule has 2 aromatic heterocycles. The minimum Gasteiger partial charge on any atom is -0.467 e. The summed E-state index contributed by atoms with van der Waals surface area (Å²) in [6, 6.07) is 17.8. The molecule has 158 valence electrons. The van der Waals surface area contributed by atoms with E-state index in [1.54, 1.807) is 0 Å². The molecule has 4 aromatic rings. The highest BCUT2D eigenvalue weighted by Gasteiger charge is 2.15. The van der Waals surface area contributed by atoms with Gasteiger partial charge >= 0.3 is 0 Å². The van der Waals surface area contributed by atoms with Crippen LogP contribution in [0.2, 0.25) is 0 Å². The third-order valence-electron chi connectivity index (χ3n) is 5.26. The van der Waals surface area contributed by atoms with Crippen LogP contribution in [0.1, 0.15) is 29.3 Å². The maximum absolute atomic E-state index is 12.3. The molecule has 0 saturated heterocycles. The van der Waals surface area contributed by atoms with Crippen molar-refractivity contribution in [3.8, 4) is 11.6 Å². The van der Waals surface area contributed by atoms with Crippen LogP contribution in [-0.4, -0.2) is 27.3 Å². The van der Waals surface area contributed by atoms with Crippen LogP contribution < -0.4 is 10.1 Å². The first kappa shape index (κ1) is 20.6. The van der Waals surface area contributed by atoms with Gasteiger partial charge in [-0.2, -0.15) is 10.1 Å². The molecule has 2 aromatic carbocycles. The van der Waals surface area contributed by atoms with Crippen molar-refractivity contribution in [3.63, 3.8) is 0 Å². The lowest BCUT2D eigenvalue weighted by Crippen LogP contribution is -2.20. The topological polar surface area (TPSA) is 69.0 Å². The molecule has 6 heteroatoms. The Morgan fingerprint density at radius 2 is 1.74 bits per heavy atom. The lowest BCUT2D eigenvalue weighted by atomic mass is 10.1. The van der Waals surface area contributed by atoms with Crippen LogP contribution in [0.15, 0.2) is 54.6 Å². The van der Waals surface area contributed by atoms with Crippen LogP contribution in [0.5, 0.6) is 5.88 Å². The highest BCUT2D eigenvalue weighted by molar-refractivity contribution is 5.92. The smallest absolute Gasteiger partial charge is 0.262 e. The highest BCUT2D eigenvalue weighted by atomic mass is 16.5. The Balaban J connectivity index is 1.57. The highest BCUT2D eigenvalue weighted by Crippen LogP contribution is 2.27. The van der Waals surface area contributed by atoms with Gasteiger partial charge in [-0.15, -0.1) is 0 Å². The molecule has 0 spiro atoms. The molecule has 2 heterocycles. The number of rotatable bonds is 6.